The molecular weight excluding hydrogens is 329 g/mol. The molecule has 0 saturated carbocycles. The van der Waals surface area contributed by atoms with Crippen LogP contribution in [0.4, 0.5) is 34.1 Å². The van der Waals surface area contributed by atoms with Gasteiger partial charge in [0.15, 0.2) is 0 Å². The molecule has 0 atom stereocenters. The van der Waals surface area contributed by atoms with E-state index in [1.807, 2.05) is 0 Å². The number of halogens is 3. The van der Waals surface area contributed by atoms with E-state index in [9.17, 15) is 22.8 Å². The standard InChI is InChI=1S/C15H11F3N2O4/c16-15(17,18)9-1-7-12(8-2-9)24-14(23)20-11-5-3-10(4-6-11)19-13(21)22/h1-8,19H,(H,20,23)(H,21,22). The van der Waals surface area contributed by atoms with Crippen LogP contribution in [-0.4, -0.2) is 17.3 Å². The van der Waals surface area contributed by atoms with Crippen molar-refractivity contribution in [3.05, 3.63) is 54.1 Å². The number of hydrogen-bond acceptors (Lipinski definition) is 3. The fourth-order valence-electron chi connectivity index (χ4n) is 1.72. The number of benzene rings is 2. The second-order valence-corrected chi connectivity index (χ2v) is 4.54. The first kappa shape index (κ1) is 17.1. The van der Waals surface area contributed by atoms with Crippen molar-refractivity contribution in [3.8, 4) is 5.75 Å². The highest BCUT2D eigenvalue weighted by molar-refractivity contribution is 5.87. The number of hydrogen-bond donors (Lipinski definition) is 3. The monoisotopic (exact) mass is 340 g/mol. The molecule has 0 saturated heterocycles. The number of anilines is 2. The van der Waals surface area contributed by atoms with Gasteiger partial charge in [-0.25, -0.2) is 9.59 Å². The SMILES string of the molecule is O=C(O)Nc1ccc(NC(=O)Oc2ccc(C(F)(F)F)cc2)cc1. The van der Waals surface area contributed by atoms with E-state index in [0.717, 1.165) is 24.3 Å². The molecule has 126 valence electrons. The molecule has 2 amide bonds. The van der Waals surface area contributed by atoms with Crippen LogP contribution in [0.2, 0.25) is 0 Å². The molecule has 0 unspecified atom stereocenters. The summed E-state index contributed by atoms with van der Waals surface area (Å²) in [6.45, 7) is 0. The maximum absolute atomic E-state index is 12.4. The Hall–Kier alpha value is -3.23. The minimum atomic E-state index is -4.47. The van der Waals surface area contributed by atoms with E-state index >= 15 is 0 Å². The van der Waals surface area contributed by atoms with Crippen molar-refractivity contribution in [1.82, 2.24) is 0 Å². The summed E-state index contributed by atoms with van der Waals surface area (Å²) in [5.41, 5.74) is -0.219. The van der Waals surface area contributed by atoms with Gasteiger partial charge in [-0.2, -0.15) is 13.2 Å². The van der Waals surface area contributed by atoms with Gasteiger partial charge in [0.1, 0.15) is 5.75 Å². The van der Waals surface area contributed by atoms with Crippen LogP contribution in [0, 0.1) is 0 Å². The summed E-state index contributed by atoms with van der Waals surface area (Å²) in [5, 5.41) is 13.0. The average molecular weight is 340 g/mol. The van der Waals surface area contributed by atoms with Crippen molar-refractivity contribution < 1.29 is 32.6 Å². The average Bonchev–Trinajstić information content (AvgIpc) is 2.48. The van der Waals surface area contributed by atoms with Gasteiger partial charge in [-0.15, -0.1) is 0 Å². The minimum absolute atomic E-state index is 0.0512. The van der Waals surface area contributed by atoms with Crippen LogP contribution in [0.1, 0.15) is 5.56 Å². The Morgan fingerprint density at radius 1 is 0.875 bits per heavy atom. The Morgan fingerprint density at radius 3 is 1.83 bits per heavy atom. The van der Waals surface area contributed by atoms with Crippen LogP contribution in [-0.2, 0) is 6.18 Å². The highest BCUT2D eigenvalue weighted by atomic mass is 19.4. The third-order valence-corrected chi connectivity index (χ3v) is 2.77. The molecule has 9 heteroatoms. The molecule has 0 aliphatic rings. The Balaban J connectivity index is 1.94. The van der Waals surface area contributed by atoms with Gasteiger partial charge in [0.05, 0.1) is 5.56 Å². The zero-order valence-electron chi connectivity index (χ0n) is 11.9. The highest BCUT2D eigenvalue weighted by Gasteiger charge is 2.30. The molecule has 0 aliphatic heterocycles. The van der Waals surface area contributed by atoms with Crippen LogP contribution >= 0.6 is 0 Å². The number of carbonyl (C=O) groups excluding carboxylic acids is 1. The summed E-state index contributed by atoms with van der Waals surface area (Å²) in [6.07, 6.45) is -6.59. The summed E-state index contributed by atoms with van der Waals surface area (Å²) < 4.78 is 42.1. The lowest BCUT2D eigenvalue weighted by Gasteiger charge is -2.09. The second-order valence-electron chi connectivity index (χ2n) is 4.54. The van der Waals surface area contributed by atoms with Crippen LogP contribution < -0.4 is 15.4 Å². The van der Waals surface area contributed by atoms with Gasteiger partial charge in [-0.05, 0) is 48.5 Å². The van der Waals surface area contributed by atoms with E-state index < -0.39 is 23.9 Å². The maximum atomic E-state index is 12.4. The van der Waals surface area contributed by atoms with Gasteiger partial charge >= 0.3 is 18.4 Å². The lowest BCUT2D eigenvalue weighted by molar-refractivity contribution is -0.137. The molecule has 0 radical (unpaired) electrons. The van der Waals surface area contributed by atoms with E-state index in [2.05, 4.69) is 10.6 Å². The Morgan fingerprint density at radius 2 is 1.38 bits per heavy atom. The van der Waals surface area contributed by atoms with Gasteiger partial charge in [0.25, 0.3) is 0 Å². The van der Waals surface area contributed by atoms with E-state index in [1.54, 1.807) is 0 Å². The van der Waals surface area contributed by atoms with Gasteiger partial charge in [0.2, 0.25) is 0 Å². The van der Waals surface area contributed by atoms with Gasteiger partial charge in [-0.3, -0.25) is 10.6 Å². The van der Waals surface area contributed by atoms with Crippen molar-refractivity contribution in [1.29, 1.82) is 0 Å². The molecule has 2 aromatic carbocycles. The second kappa shape index (κ2) is 6.90. The molecular formula is C15H11F3N2O4. The van der Waals surface area contributed by atoms with Crippen molar-refractivity contribution >= 4 is 23.6 Å². The zero-order valence-corrected chi connectivity index (χ0v) is 11.9. The molecule has 24 heavy (non-hydrogen) atoms. The molecule has 0 heterocycles. The summed E-state index contributed by atoms with van der Waals surface area (Å²) in [4.78, 5) is 22.1. The maximum Gasteiger partial charge on any atom is 0.417 e. The number of carbonyl (C=O) groups is 2. The topological polar surface area (TPSA) is 87.7 Å². The third kappa shape index (κ3) is 4.90. The van der Waals surface area contributed by atoms with Crippen LogP contribution in [0.15, 0.2) is 48.5 Å². The number of ether oxygens (including phenoxy) is 1. The number of nitrogens with one attached hydrogen (secondary N) is 2. The van der Waals surface area contributed by atoms with E-state index in [-0.39, 0.29) is 5.75 Å². The van der Waals surface area contributed by atoms with Crippen LogP contribution in [0.3, 0.4) is 0 Å². The highest BCUT2D eigenvalue weighted by Crippen LogP contribution is 2.30. The van der Waals surface area contributed by atoms with Crippen LogP contribution in [0.25, 0.3) is 0 Å². The van der Waals surface area contributed by atoms with Gasteiger partial charge < -0.3 is 9.84 Å². The fraction of sp³-hybridized carbons (Fsp3) is 0.0667. The molecule has 0 spiro atoms. The fourth-order valence-corrected chi connectivity index (χ4v) is 1.72. The van der Waals surface area contributed by atoms with Gasteiger partial charge in [-0.1, -0.05) is 0 Å². The van der Waals surface area contributed by atoms with Gasteiger partial charge in [0, 0.05) is 11.4 Å². The quantitative estimate of drug-likeness (QED) is 0.772. The van der Waals surface area contributed by atoms with Crippen LogP contribution in [0.5, 0.6) is 5.75 Å². The number of amides is 2. The number of rotatable bonds is 3. The summed E-state index contributed by atoms with van der Waals surface area (Å²) in [7, 11) is 0. The van der Waals surface area contributed by atoms with Crippen molar-refractivity contribution in [2.75, 3.05) is 10.6 Å². The lowest BCUT2D eigenvalue weighted by atomic mass is 10.2. The smallest absolute Gasteiger partial charge is 0.417 e. The molecule has 3 N–H and O–H groups in total. The van der Waals surface area contributed by atoms with E-state index in [1.165, 1.54) is 24.3 Å². The Labute approximate surface area is 133 Å². The van der Waals surface area contributed by atoms with Crippen molar-refractivity contribution in [3.63, 3.8) is 0 Å². The van der Waals surface area contributed by atoms with E-state index in [4.69, 9.17) is 9.84 Å². The normalized spacial score (nSPS) is 10.8. The lowest BCUT2D eigenvalue weighted by Crippen LogP contribution is -2.17. The first-order chi connectivity index (χ1) is 11.2. The first-order valence-electron chi connectivity index (χ1n) is 6.50. The Kier molecular flexibility index (Phi) is 4.93. The van der Waals surface area contributed by atoms with E-state index in [0.29, 0.717) is 11.4 Å². The summed E-state index contributed by atoms with van der Waals surface area (Å²) in [5.74, 6) is -0.0512. The summed E-state index contributed by atoms with van der Waals surface area (Å²) in [6, 6.07) is 9.36. The van der Waals surface area contributed by atoms with Crippen molar-refractivity contribution in [2.24, 2.45) is 0 Å². The molecule has 2 aromatic rings. The number of carboxylic acid groups (broad SMARTS) is 1. The molecule has 0 aliphatic carbocycles. The van der Waals surface area contributed by atoms with Crippen molar-refractivity contribution in [2.45, 2.75) is 6.18 Å². The largest absolute Gasteiger partial charge is 0.465 e. The first-order valence-corrected chi connectivity index (χ1v) is 6.50. The minimum Gasteiger partial charge on any atom is -0.465 e. The zero-order chi connectivity index (χ0) is 17.7. The molecule has 2 rings (SSSR count). The Bertz CT molecular complexity index is 728. The molecule has 0 aromatic heterocycles. The molecule has 6 nitrogen and oxygen atoms in total. The number of alkyl halides is 3. The third-order valence-electron chi connectivity index (χ3n) is 2.77. The predicted molar refractivity (Wildman–Crippen MR) is 79.2 cm³/mol. The molecule has 0 bridgehead atoms. The molecule has 0 fully saturated rings. The summed E-state index contributed by atoms with van der Waals surface area (Å²) >= 11 is 0. The predicted octanol–water partition coefficient (Wildman–Crippen LogP) is 4.41.